The molecule has 2 aromatic carbocycles. The van der Waals surface area contributed by atoms with E-state index >= 15 is 0 Å². The van der Waals surface area contributed by atoms with E-state index in [0.29, 0.717) is 30.0 Å². The van der Waals surface area contributed by atoms with Crippen LogP contribution in [0.25, 0.3) is 22.2 Å². The first-order chi connectivity index (χ1) is 13.5. The van der Waals surface area contributed by atoms with E-state index in [1.54, 1.807) is 10.7 Å². The van der Waals surface area contributed by atoms with Crippen LogP contribution in [-0.4, -0.2) is 37.4 Å². The van der Waals surface area contributed by atoms with Gasteiger partial charge < -0.3 is 11.1 Å². The Bertz CT molecular complexity index is 1160. The number of halogens is 1. The molecule has 0 saturated heterocycles. The molecule has 8 nitrogen and oxygen atoms in total. The number of hydrogen-bond donors (Lipinski definition) is 3. The average molecular weight is 379 g/mol. The largest absolute Gasteiger partial charge is 0.367 e. The fourth-order valence-electron chi connectivity index (χ4n) is 3.10. The number of rotatable bonds is 5. The Labute approximate surface area is 159 Å². The van der Waals surface area contributed by atoms with E-state index < -0.39 is 5.82 Å². The summed E-state index contributed by atoms with van der Waals surface area (Å²) in [5, 5.41) is 14.5. The molecule has 0 atom stereocenters. The van der Waals surface area contributed by atoms with Gasteiger partial charge in [-0.1, -0.05) is 18.2 Å². The second kappa shape index (κ2) is 7.10. The van der Waals surface area contributed by atoms with E-state index in [1.165, 1.54) is 12.1 Å². The van der Waals surface area contributed by atoms with Gasteiger partial charge in [0.15, 0.2) is 0 Å². The summed E-state index contributed by atoms with van der Waals surface area (Å²) in [7, 11) is 1.83. The lowest BCUT2D eigenvalue weighted by Gasteiger charge is -2.06. The van der Waals surface area contributed by atoms with Crippen LogP contribution in [0.15, 0.2) is 42.5 Å². The number of carbonyl (C=O) groups is 1. The van der Waals surface area contributed by atoms with Gasteiger partial charge in [-0.2, -0.15) is 10.1 Å². The van der Waals surface area contributed by atoms with Gasteiger partial charge in [0.2, 0.25) is 5.95 Å². The molecule has 4 aromatic rings. The van der Waals surface area contributed by atoms with Crippen molar-refractivity contribution in [2.45, 2.75) is 6.42 Å². The Morgan fingerprint density at radius 1 is 1.29 bits per heavy atom. The van der Waals surface area contributed by atoms with Gasteiger partial charge in [0.25, 0.3) is 5.91 Å². The number of amides is 1. The van der Waals surface area contributed by atoms with Gasteiger partial charge in [-0.25, -0.2) is 4.39 Å². The molecule has 0 radical (unpaired) electrons. The van der Waals surface area contributed by atoms with Crippen molar-refractivity contribution >= 4 is 22.8 Å². The number of benzene rings is 2. The molecule has 0 aliphatic heterocycles. The van der Waals surface area contributed by atoms with E-state index in [1.807, 2.05) is 31.3 Å². The Hall–Kier alpha value is -3.75. The van der Waals surface area contributed by atoms with Crippen molar-refractivity contribution < 1.29 is 9.18 Å². The van der Waals surface area contributed by atoms with Crippen LogP contribution in [0, 0.1) is 5.82 Å². The summed E-state index contributed by atoms with van der Waals surface area (Å²) in [6.07, 6.45) is 0.434. The summed E-state index contributed by atoms with van der Waals surface area (Å²) >= 11 is 0. The third kappa shape index (κ3) is 3.41. The number of H-pyrrole nitrogens is 1. The number of aryl methyl sites for hydroxylation is 1. The standard InChI is InChI=1S/C19H18FN7O/c1-27-15-5-3-2-4-14(15)17(26-27)11-8-12(10-13(20)9-11)18(28)22-7-6-16-23-19(21)25-24-16/h2-5,8-10H,6-7H2,1H3,(H,22,28)(H3,21,23,24,25). The zero-order valence-corrected chi connectivity index (χ0v) is 15.1. The second-order valence-electron chi connectivity index (χ2n) is 6.36. The van der Waals surface area contributed by atoms with Crippen LogP contribution < -0.4 is 11.1 Å². The van der Waals surface area contributed by atoms with Gasteiger partial charge in [-0.3, -0.25) is 14.6 Å². The summed E-state index contributed by atoms with van der Waals surface area (Å²) in [6.45, 7) is 0.311. The van der Waals surface area contributed by atoms with Crippen molar-refractivity contribution in [3.8, 4) is 11.3 Å². The van der Waals surface area contributed by atoms with Gasteiger partial charge in [0, 0.05) is 36.5 Å². The highest BCUT2D eigenvalue weighted by Crippen LogP contribution is 2.28. The Kier molecular flexibility index (Phi) is 4.48. The predicted octanol–water partition coefficient (Wildman–Crippen LogP) is 2.05. The minimum Gasteiger partial charge on any atom is -0.367 e. The third-order valence-corrected chi connectivity index (χ3v) is 4.39. The van der Waals surface area contributed by atoms with Crippen LogP contribution in [0.1, 0.15) is 16.2 Å². The van der Waals surface area contributed by atoms with Crippen LogP contribution in [-0.2, 0) is 13.5 Å². The van der Waals surface area contributed by atoms with Crippen LogP contribution in [0.3, 0.4) is 0 Å². The Morgan fingerprint density at radius 3 is 2.89 bits per heavy atom. The highest BCUT2D eigenvalue weighted by molar-refractivity contribution is 5.98. The van der Waals surface area contributed by atoms with E-state index in [9.17, 15) is 9.18 Å². The number of anilines is 1. The number of para-hydroxylation sites is 1. The number of carbonyl (C=O) groups excluding carboxylic acids is 1. The quantitative estimate of drug-likeness (QED) is 0.491. The summed E-state index contributed by atoms with van der Waals surface area (Å²) in [5.74, 6) is -0.162. The zero-order valence-electron chi connectivity index (χ0n) is 15.1. The van der Waals surface area contributed by atoms with Gasteiger partial charge in [-0.15, -0.1) is 5.10 Å². The number of aromatic nitrogens is 5. The SMILES string of the molecule is Cn1nc(-c2cc(F)cc(C(=O)NCCc3nc(N)n[nH]3)c2)c2ccccc21. The Morgan fingerprint density at radius 2 is 2.11 bits per heavy atom. The minimum atomic E-state index is -0.500. The fourth-order valence-corrected chi connectivity index (χ4v) is 3.10. The predicted molar refractivity (Wildman–Crippen MR) is 103 cm³/mol. The maximum Gasteiger partial charge on any atom is 0.251 e. The summed E-state index contributed by atoms with van der Waals surface area (Å²) < 4.78 is 16.0. The van der Waals surface area contributed by atoms with Gasteiger partial charge in [-0.05, 0) is 24.3 Å². The third-order valence-electron chi connectivity index (χ3n) is 4.39. The van der Waals surface area contributed by atoms with E-state index in [4.69, 9.17) is 5.73 Å². The topological polar surface area (TPSA) is 115 Å². The van der Waals surface area contributed by atoms with Crippen molar-refractivity contribution in [3.63, 3.8) is 0 Å². The van der Waals surface area contributed by atoms with Gasteiger partial charge in [0.1, 0.15) is 17.3 Å². The molecule has 4 rings (SSSR count). The molecule has 142 valence electrons. The van der Waals surface area contributed by atoms with Gasteiger partial charge in [0.05, 0.1) is 5.52 Å². The summed E-state index contributed by atoms with van der Waals surface area (Å²) in [5.41, 5.74) is 7.77. The molecule has 4 N–H and O–H groups in total. The second-order valence-corrected chi connectivity index (χ2v) is 6.36. The van der Waals surface area contributed by atoms with Crippen molar-refractivity contribution in [3.05, 3.63) is 59.7 Å². The molecular formula is C19H18FN7O. The number of nitrogens with two attached hydrogens (primary N) is 1. The molecule has 1 amide bonds. The molecule has 0 unspecified atom stereocenters. The molecule has 28 heavy (non-hydrogen) atoms. The number of fused-ring (bicyclic) bond motifs is 1. The molecule has 0 aliphatic carbocycles. The number of nitrogens with one attached hydrogen (secondary N) is 2. The number of nitrogens with zero attached hydrogens (tertiary/aromatic N) is 4. The fraction of sp³-hybridized carbons (Fsp3) is 0.158. The first kappa shape index (κ1) is 17.7. The highest BCUT2D eigenvalue weighted by atomic mass is 19.1. The van der Waals surface area contributed by atoms with Crippen molar-refractivity contribution in [1.82, 2.24) is 30.3 Å². The molecule has 9 heteroatoms. The molecule has 0 spiro atoms. The zero-order chi connectivity index (χ0) is 19.7. The number of hydrogen-bond acceptors (Lipinski definition) is 5. The van der Waals surface area contributed by atoms with E-state index in [0.717, 1.165) is 10.9 Å². The first-order valence-corrected chi connectivity index (χ1v) is 8.69. The maximum absolute atomic E-state index is 14.2. The normalized spacial score (nSPS) is 11.1. The lowest BCUT2D eigenvalue weighted by Crippen LogP contribution is -2.26. The van der Waals surface area contributed by atoms with Gasteiger partial charge >= 0.3 is 0 Å². The Balaban J connectivity index is 1.57. The summed E-state index contributed by atoms with van der Waals surface area (Å²) in [6, 6.07) is 11.9. The first-order valence-electron chi connectivity index (χ1n) is 8.69. The van der Waals surface area contributed by atoms with Crippen molar-refractivity contribution in [1.29, 1.82) is 0 Å². The lowest BCUT2D eigenvalue weighted by atomic mass is 10.0. The van der Waals surface area contributed by atoms with Crippen LogP contribution >= 0.6 is 0 Å². The van der Waals surface area contributed by atoms with E-state index in [2.05, 4.69) is 25.6 Å². The van der Waals surface area contributed by atoms with Crippen LogP contribution in [0.5, 0.6) is 0 Å². The van der Waals surface area contributed by atoms with Crippen LogP contribution in [0.4, 0.5) is 10.3 Å². The van der Waals surface area contributed by atoms with E-state index in [-0.39, 0.29) is 17.4 Å². The molecule has 0 aliphatic rings. The van der Waals surface area contributed by atoms with Crippen molar-refractivity contribution in [2.75, 3.05) is 12.3 Å². The molecule has 2 aromatic heterocycles. The molecule has 0 saturated carbocycles. The summed E-state index contributed by atoms with van der Waals surface area (Å²) in [4.78, 5) is 16.4. The molecule has 0 bridgehead atoms. The lowest BCUT2D eigenvalue weighted by molar-refractivity contribution is 0.0953. The molecular weight excluding hydrogens is 361 g/mol. The van der Waals surface area contributed by atoms with Crippen molar-refractivity contribution in [2.24, 2.45) is 7.05 Å². The monoisotopic (exact) mass is 379 g/mol. The molecule has 0 fully saturated rings. The highest BCUT2D eigenvalue weighted by Gasteiger charge is 2.15. The van der Waals surface area contributed by atoms with Crippen LogP contribution in [0.2, 0.25) is 0 Å². The smallest absolute Gasteiger partial charge is 0.251 e. The number of nitrogen functional groups attached to an aromatic ring is 1. The maximum atomic E-state index is 14.2. The minimum absolute atomic E-state index is 0.152. The number of aromatic amines is 1. The average Bonchev–Trinajstić information content (AvgIpc) is 3.25. The molecule has 2 heterocycles.